The maximum Gasteiger partial charge on any atom is 0.245 e. The molecule has 1 aliphatic rings. The molecule has 9 heteroatoms. The lowest BCUT2D eigenvalue weighted by Crippen LogP contribution is -2.32. The van der Waals surface area contributed by atoms with Crippen molar-refractivity contribution in [3.63, 3.8) is 0 Å². The van der Waals surface area contributed by atoms with Crippen LogP contribution in [0.2, 0.25) is 0 Å². The van der Waals surface area contributed by atoms with Gasteiger partial charge in [-0.1, -0.05) is 12.1 Å². The summed E-state index contributed by atoms with van der Waals surface area (Å²) in [5.74, 6) is -0.654. The van der Waals surface area contributed by atoms with E-state index in [1.165, 1.54) is 18.6 Å². The average Bonchev–Trinajstić information content (AvgIpc) is 3.43. The second kappa shape index (κ2) is 8.08. The third-order valence-electron chi connectivity index (χ3n) is 6.04. The van der Waals surface area contributed by atoms with Crippen molar-refractivity contribution in [2.45, 2.75) is 36.7 Å². The summed E-state index contributed by atoms with van der Waals surface area (Å²) in [5, 5.41) is 0.473. The fraction of sp³-hybridized carbons (Fsp3) is 0.208. The molecular formula is C24H21FN4O3S. The number of carbonyl (C=O) groups excluding carboxylic acids is 1. The molecule has 7 nitrogen and oxygen atoms in total. The molecule has 0 saturated heterocycles. The molecule has 0 unspecified atom stereocenters. The first-order valence-electron chi connectivity index (χ1n) is 10.5. The molecule has 1 atom stereocenters. The highest BCUT2D eigenvalue weighted by molar-refractivity contribution is 7.90. The highest BCUT2D eigenvalue weighted by Crippen LogP contribution is 2.30. The Balaban J connectivity index is 1.36. The number of hydrogen-bond acceptors (Lipinski definition) is 5. The van der Waals surface area contributed by atoms with Crippen molar-refractivity contribution in [3.8, 4) is 0 Å². The van der Waals surface area contributed by atoms with Gasteiger partial charge in [0.05, 0.1) is 21.9 Å². The Morgan fingerprint density at radius 3 is 2.73 bits per heavy atom. The van der Waals surface area contributed by atoms with E-state index in [0.717, 1.165) is 11.1 Å². The number of aromatic nitrogens is 3. The summed E-state index contributed by atoms with van der Waals surface area (Å²) in [7, 11) is -3.59. The van der Waals surface area contributed by atoms with Crippen molar-refractivity contribution >= 4 is 26.6 Å². The van der Waals surface area contributed by atoms with E-state index < -0.39 is 15.9 Å². The monoisotopic (exact) mass is 464 g/mol. The van der Waals surface area contributed by atoms with Gasteiger partial charge in [0.2, 0.25) is 5.91 Å². The number of carbonyl (C=O) groups is 1. The summed E-state index contributed by atoms with van der Waals surface area (Å²) >= 11 is 0. The van der Waals surface area contributed by atoms with Crippen LogP contribution >= 0.6 is 0 Å². The van der Waals surface area contributed by atoms with Gasteiger partial charge in [0.15, 0.2) is 9.84 Å². The number of amides is 1. The highest BCUT2D eigenvalue weighted by Gasteiger charge is 2.29. The van der Waals surface area contributed by atoms with Gasteiger partial charge in [-0.05, 0) is 54.4 Å². The molecule has 0 spiro atoms. The lowest BCUT2D eigenvalue weighted by molar-refractivity contribution is -0.134. The maximum atomic E-state index is 14.1. The fourth-order valence-electron chi connectivity index (χ4n) is 4.27. The Labute approximate surface area is 190 Å². The van der Waals surface area contributed by atoms with Crippen LogP contribution in [-0.4, -0.2) is 33.8 Å². The largest absolute Gasteiger partial charge is 0.335 e. The van der Waals surface area contributed by atoms with Crippen molar-refractivity contribution in [1.82, 2.24) is 19.4 Å². The first-order chi connectivity index (χ1) is 15.8. The van der Waals surface area contributed by atoms with E-state index in [2.05, 4.69) is 9.97 Å². The average molecular weight is 465 g/mol. The Morgan fingerprint density at radius 2 is 1.94 bits per heavy atom. The van der Waals surface area contributed by atoms with Crippen LogP contribution in [0.5, 0.6) is 0 Å². The van der Waals surface area contributed by atoms with E-state index in [0.29, 0.717) is 29.7 Å². The molecule has 0 saturated carbocycles. The zero-order valence-electron chi connectivity index (χ0n) is 17.8. The summed E-state index contributed by atoms with van der Waals surface area (Å²) in [6.45, 7) is 2.51. The standard InChI is InChI=1S/C24H21FN4O3S/c1-16(29-10-8-21-22(25)3-2-4-23(21)29)24(30)28-12-17-5-6-20(11-18(17)13-28)33(31,32)14-19-7-9-26-15-27-19/h2-11,15-16H,12-14H2,1H3/t16-/m0/s1. The minimum Gasteiger partial charge on any atom is -0.335 e. The molecule has 2 aromatic carbocycles. The number of hydrogen-bond donors (Lipinski definition) is 0. The smallest absolute Gasteiger partial charge is 0.245 e. The third-order valence-corrected chi connectivity index (χ3v) is 7.68. The molecule has 0 aliphatic carbocycles. The van der Waals surface area contributed by atoms with Gasteiger partial charge in [-0.15, -0.1) is 0 Å². The normalized spacial score (nSPS) is 14.4. The number of rotatable bonds is 5. The van der Waals surface area contributed by atoms with Crippen LogP contribution in [0.15, 0.2) is 72.1 Å². The third kappa shape index (κ3) is 3.89. The molecule has 0 N–H and O–H groups in total. The Hall–Kier alpha value is -3.59. The lowest BCUT2D eigenvalue weighted by Gasteiger charge is -2.22. The minimum absolute atomic E-state index is 0.113. The van der Waals surface area contributed by atoms with Gasteiger partial charge in [0.25, 0.3) is 0 Å². The quantitative estimate of drug-likeness (QED) is 0.450. The first-order valence-corrected chi connectivity index (χ1v) is 12.1. The highest BCUT2D eigenvalue weighted by atomic mass is 32.2. The lowest BCUT2D eigenvalue weighted by atomic mass is 10.1. The second-order valence-corrected chi connectivity index (χ2v) is 10.1. The first kappa shape index (κ1) is 21.3. The SMILES string of the molecule is C[C@@H](C(=O)N1Cc2ccc(S(=O)(=O)Cc3ccncn3)cc2C1)n1ccc2c(F)cccc21. The summed E-state index contributed by atoms with van der Waals surface area (Å²) < 4.78 is 41.5. The number of halogens is 1. The van der Waals surface area contributed by atoms with Crippen molar-refractivity contribution in [1.29, 1.82) is 0 Å². The van der Waals surface area contributed by atoms with Crippen LogP contribution in [0, 0.1) is 5.82 Å². The fourth-order valence-corrected chi connectivity index (χ4v) is 5.60. The minimum atomic E-state index is -3.59. The maximum absolute atomic E-state index is 14.1. The zero-order valence-corrected chi connectivity index (χ0v) is 18.7. The summed E-state index contributed by atoms with van der Waals surface area (Å²) in [4.78, 5) is 23.0. The van der Waals surface area contributed by atoms with Crippen molar-refractivity contribution in [2.75, 3.05) is 0 Å². The van der Waals surface area contributed by atoms with Crippen LogP contribution in [-0.2, 0) is 33.5 Å². The predicted molar refractivity (Wildman–Crippen MR) is 120 cm³/mol. The van der Waals surface area contributed by atoms with Crippen LogP contribution in [0.25, 0.3) is 10.9 Å². The molecule has 0 radical (unpaired) electrons. The van der Waals surface area contributed by atoms with Gasteiger partial charge >= 0.3 is 0 Å². The summed E-state index contributed by atoms with van der Waals surface area (Å²) in [6.07, 6.45) is 4.55. The van der Waals surface area contributed by atoms with Gasteiger partial charge in [-0.2, -0.15) is 0 Å². The summed E-state index contributed by atoms with van der Waals surface area (Å²) in [6, 6.07) is 12.5. The molecule has 2 aromatic heterocycles. The molecule has 33 heavy (non-hydrogen) atoms. The van der Waals surface area contributed by atoms with E-state index >= 15 is 0 Å². The van der Waals surface area contributed by atoms with Crippen molar-refractivity contribution in [2.24, 2.45) is 0 Å². The molecule has 3 heterocycles. The molecule has 0 fully saturated rings. The number of fused-ring (bicyclic) bond motifs is 2. The molecule has 1 amide bonds. The number of benzene rings is 2. The van der Waals surface area contributed by atoms with E-state index in [1.54, 1.807) is 65.1 Å². The Morgan fingerprint density at radius 1 is 1.12 bits per heavy atom. The van der Waals surface area contributed by atoms with Gasteiger partial charge < -0.3 is 9.47 Å². The van der Waals surface area contributed by atoms with Crippen molar-refractivity contribution in [3.05, 3.63) is 89.9 Å². The number of nitrogens with zero attached hydrogens (tertiary/aromatic N) is 4. The van der Waals surface area contributed by atoms with Crippen LogP contribution in [0.1, 0.15) is 29.8 Å². The van der Waals surface area contributed by atoms with Gasteiger partial charge in [0.1, 0.15) is 18.2 Å². The molecule has 1 aliphatic heterocycles. The predicted octanol–water partition coefficient (Wildman–Crippen LogP) is 3.65. The van der Waals surface area contributed by atoms with E-state index in [-0.39, 0.29) is 22.4 Å². The molecule has 5 rings (SSSR count). The van der Waals surface area contributed by atoms with E-state index in [4.69, 9.17) is 0 Å². The molecule has 168 valence electrons. The number of sulfone groups is 1. The molecule has 0 bridgehead atoms. The topological polar surface area (TPSA) is 85.2 Å². The van der Waals surface area contributed by atoms with Gasteiger partial charge in [-0.25, -0.2) is 22.8 Å². The van der Waals surface area contributed by atoms with E-state index in [1.807, 2.05) is 0 Å². The van der Waals surface area contributed by atoms with E-state index in [9.17, 15) is 17.6 Å². The molecule has 4 aromatic rings. The van der Waals surface area contributed by atoms with Crippen LogP contribution in [0.3, 0.4) is 0 Å². The molecular weight excluding hydrogens is 443 g/mol. The second-order valence-electron chi connectivity index (χ2n) is 8.16. The zero-order chi connectivity index (χ0) is 23.2. The Kier molecular flexibility index (Phi) is 5.20. The van der Waals surface area contributed by atoms with Gasteiger partial charge in [0, 0.05) is 30.9 Å². The van der Waals surface area contributed by atoms with Gasteiger partial charge in [-0.3, -0.25) is 4.79 Å². The Bertz CT molecular complexity index is 1470. The summed E-state index contributed by atoms with van der Waals surface area (Å²) in [5.41, 5.74) is 2.81. The van der Waals surface area contributed by atoms with Crippen molar-refractivity contribution < 1.29 is 17.6 Å². The van der Waals surface area contributed by atoms with Crippen LogP contribution < -0.4 is 0 Å². The van der Waals surface area contributed by atoms with Crippen LogP contribution in [0.4, 0.5) is 4.39 Å².